The van der Waals surface area contributed by atoms with Crippen molar-refractivity contribution in [2.75, 3.05) is 18.0 Å². The Morgan fingerprint density at radius 2 is 1.90 bits per heavy atom. The molecule has 3 atom stereocenters. The molecule has 1 amide bonds. The number of primary amides is 1. The molecule has 5 nitrogen and oxygen atoms in total. The second kappa shape index (κ2) is 8.31. The van der Waals surface area contributed by atoms with Crippen molar-refractivity contribution < 1.29 is 22.7 Å². The van der Waals surface area contributed by atoms with Gasteiger partial charge in [-0.25, -0.2) is 4.98 Å². The maximum atomic E-state index is 12.9. The minimum Gasteiger partial charge on any atom is -0.489 e. The highest BCUT2D eigenvalue weighted by molar-refractivity contribution is 5.77. The quantitative estimate of drug-likeness (QED) is 0.786. The first-order valence-corrected chi connectivity index (χ1v) is 9.50. The molecule has 3 rings (SSSR count). The summed E-state index contributed by atoms with van der Waals surface area (Å²) in [4.78, 5) is 16.9. The van der Waals surface area contributed by atoms with Gasteiger partial charge in [-0.1, -0.05) is 32.0 Å². The van der Waals surface area contributed by atoms with E-state index in [0.29, 0.717) is 31.1 Å². The van der Waals surface area contributed by atoms with Crippen LogP contribution in [0.15, 0.2) is 42.5 Å². The van der Waals surface area contributed by atoms with E-state index in [-0.39, 0.29) is 23.8 Å². The number of nitrogens with two attached hydrogens (primary N) is 1. The van der Waals surface area contributed by atoms with Gasteiger partial charge in [-0.3, -0.25) is 4.79 Å². The van der Waals surface area contributed by atoms with Gasteiger partial charge in [0.05, 0.1) is 6.54 Å². The van der Waals surface area contributed by atoms with Crippen LogP contribution in [0.1, 0.15) is 37.4 Å². The number of amides is 1. The third-order valence-electron chi connectivity index (χ3n) is 5.40. The van der Waals surface area contributed by atoms with E-state index in [1.807, 2.05) is 31.2 Å². The molecule has 1 aliphatic heterocycles. The predicted octanol–water partition coefficient (Wildman–Crippen LogP) is 3.98. The lowest BCUT2D eigenvalue weighted by Gasteiger charge is -2.20. The highest BCUT2D eigenvalue weighted by atomic mass is 19.4. The van der Waals surface area contributed by atoms with E-state index in [0.717, 1.165) is 11.6 Å². The molecule has 8 heteroatoms. The van der Waals surface area contributed by atoms with Crippen LogP contribution in [0.25, 0.3) is 0 Å². The Morgan fingerprint density at radius 3 is 2.52 bits per heavy atom. The van der Waals surface area contributed by atoms with Crippen molar-refractivity contribution in [1.82, 2.24) is 4.98 Å². The van der Waals surface area contributed by atoms with Crippen molar-refractivity contribution in [2.45, 2.75) is 38.5 Å². The Kier molecular flexibility index (Phi) is 6.00. The Morgan fingerprint density at radius 1 is 1.21 bits per heavy atom. The molecule has 1 unspecified atom stereocenters. The number of benzene rings is 1. The van der Waals surface area contributed by atoms with Crippen LogP contribution in [0.4, 0.5) is 19.0 Å². The minimum absolute atomic E-state index is 0.00416. The van der Waals surface area contributed by atoms with E-state index < -0.39 is 11.9 Å². The zero-order chi connectivity index (χ0) is 21.2. The van der Waals surface area contributed by atoms with Crippen LogP contribution in [-0.4, -0.2) is 30.1 Å². The number of aromatic nitrogens is 1. The first-order valence-electron chi connectivity index (χ1n) is 9.50. The summed E-state index contributed by atoms with van der Waals surface area (Å²) in [6.45, 7) is 4.78. The molecule has 156 valence electrons. The third-order valence-corrected chi connectivity index (χ3v) is 5.40. The largest absolute Gasteiger partial charge is 0.489 e. The number of pyridine rings is 1. The lowest BCUT2D eigenvalue weighted by Crippen LogP contribution is -2.26. The summed E-state index contributed by atoms with van der Waals surface area (Å²) >= 11 is 0. The van der Waals surface area contributed by atoms with E-state index >= 15 is 0 Å². The van der Waals surface area contributed by atoms with Gasteiger partial charge < -0.3 is 15.4 Å². The number of rotatable bonds is 6. The molecule has 1 fully saturated rings. The third kappa shape index (κ3) is 4.99. The summed E-state index contributed by atoms with van der Waals surface area (Å²) in [5.41, 5.74) is 5.47. The topological polar surface area (TPSA) is 68.5 Å². The van der Waals surface area contributed by atoms with Crippen LogP contribution in [0.3, 0.4) is 0 Å². The Balaban J connectivity index is 1.61. The fourth-order valence-electron chi connectivity index (χ4n) is 3.37. The number of nitrogens with zero attached hydrogens (tertiary/aromatic N) is 2. The number of carbonyl (C=O) groups excluding carboxylic acids is 1. The molecule has 0 radical (unpaired) electrons. The summed E-state index contributed by atoms with van der Waals surface area (Å²) in [5.74, 6) is 0.361. The molecule has 1 aliphatic rings. The average molecular weight is 407 g/mol. The van der Waals surface area contributed by atoms with Gasteiger partial charge >= 0.3 is 6.18 Å². The zero-order valence-corrected chi connectivity index (χ0v) is 16.3. The molecule has 2 heterocycles. The molecule has 1 aromatic heterocycles. The minimum atomic E-state index is -4.46. The average Bonchev–Trinajstić information content (AvgIpc) is 3.15. The normalized spacial score (nSPS) is 19.1. The second-order valence-electron chi connectivity index (χ2n) is 7.40. The van der Waals surface area contributed by atoms with E-state index in [1.165, 1.54) is 6.07 Å². The van der Waals surface area contributed by atoms with Crippen LogP contribution in [0, 0.1) is 5.92 Å². The number of ether oxygens (including phenoxy) is 1. The number of hydrogen-bond acceptors (Lipinski definition) is 4. The lowest BCUT2D eigenvalue weighted by atomic mass is 9.88. The molecule has 1 aromatic carbocycles. The maximum Gasteiger partial charge on any atom is 0.433 e. The van der Waals surface area contributed by atoms with Crippen LogP contribution in [-0.2, 0) is 11.0 Å². The van der Waals surface area contributed by atoms with E-state index in [9.17, 15) is 18.0 Å². The van der Waals surface area contributed by atoms with Gasteiger partial charge in [0.2, 0.25) is 5.91 Å². The molecule has 1 saturated heterocycles. The molecule has 0 spiro atoms. The van der Waals surface area contributed by atoms with Crippen molar-refractivity contribution in [2.24, 2.45) is 11.7 Å². The smallest absolute Gasteiger partial charge is 0.433 e. The predicted molar refractivity (Wildman–Crippen MR) is 104 cm³/mol. The van der Waals surface area contributed by atoms with Crippen LogP contribution >= 0.6 is 0 Å². The molecule has 0 saturated carbocycles. The van der Waals surface area contributed by atoms with Gasteiger partial charge in [0.1, 0.15) is 23.4 Å². The highest BCUT2D eigenvalue weighted by Crippen LogP contribution is 2.30. The lowest BCUT2D eigenvalue weighted by molar-refractivity contribution is -0.141. The van der Waals surface area contributed by atoms with Gasteiger partial charge in [0.15, 0.2) is 0 Å². The summed E-state index contributed by atoms with van der Waals surface area (Å²) in [6, 6.07) is 11.4. The second-order valence-corrected chi connectivity index (χ2v) is 7.40. The highest BCUT2D eigenvalue weighted by Gasteiger charge is 2.33. The van der Waals surface area contributed by atoms with E-state index in [2.05, 4.69) is 4.98 Å². The van der Waals surface area contributed by atoms with Crippen LogP contribution in [0.2, 0.25) is 0 Å². The van der Waals surface area contributed by atoms with Crippen molar-refractivity contribution in [3.63, 3.8) is 0 Å². The van der Waals surface area contributed by atoms with E-state index in [1.54, 1.807) is 17.9 Å². The van der Waals surface area contributed by atoms with Crippen molar-refractivity contribution in [3.05, 3.63) is 53.7 Å². The van der Waals surface area contributed by atoms with Gasteiger partial charge in [-0.2, -0.15) is 13.2 Å². The van der Waals surface area contributed by atoms with Crippen LogP contribution in [0.5, 0.6) is 5.75 Å². The van der Waals surface area contributed by atoms with Gasteiger partial charge in [-0.15, -0.1) is 0 Å². The summed E-state index contributed by atoms with van der Waals surface area (Å²) < 4.78 is 44.6. The molecule has 2 N–H and O–H groups in total. The fourth-order valence-corrected chi connectivity index (χ4v) is 3.37. The van der Waals surface area contributed by atoms with Gasteiger partial charge in [0, 0.05) is 18.9 Å². The summed E-state index contributed by atoms with van der Waals surface area (Å²) in [5, 5.41) is 0. The monoisotopic (exact) mass is 407 g/mol. The first kappa shape index (κ1) is 21.0. The van der Waals surface area contributed by atoms with Crippen LogP contribution < -0.4 is 15.4 Å². The number of halogens is 3. The van der Waals surface area contributed by atoms with Crippen molar-refractivity contribution in [3.8, 4) is 5.75 Å². The molecule has 29 heavy (non-hydrogen) atoms. The number of anilines is 1. The zero-order valence-electron chi connectivity index (χ0n) is 16.3. The number of alkyl halides is 3. The number of hydrogen-bond donors (Lipinski definition) is 1. The molecule has 2 aromatic rings. The SMILES string of the molecule is CC(C(N)=O)[C@H](C)c1ccc(O[C@@H]2CCN(c3cccc(C(F)(F)F)n3)C2)cc1. The molecule has 0 aliphatic carbocycles. The molecular formula is C21H24F3N3O2. The van der Waals surface area contributed by atoms with Crippen molar-refractivity contribution in [1.29, 1.82) is 0 Å². The summed E-state index contributed by atoms with van der Waals surface area (Å²) in [6.07, 6.45) is -3.91. The van der Waals surface area contributed by atoms with Gasteiger partial charge in [0.25, 0.3) is 0 Å². The fraction of sp³-hybridized carbons (Fsp3) is 0.429. The van der Waals surface area contributed by atoms with E-state index in [4.69, 9.17) is 10.5 Å². The van der Waals surface area contributed by atoms with Gasteiger partial charge in [-0.05, 0) is 35.7 Å². The Labute approximate surface area is 167 Å². The first-order chi connectivity index (χ1) is 13.6. The summed E-state index contributed by atoms with van der Waals surface area (Å²) in [7, 11) is 0. The maximum absolute atomic E-state index is 12.9. The Bertz CT molecular complexity index is 855. The van der Waals surface area contributed by atoms with Crippen molar-refractivity contribution >= 4 is 11.7 Å². The standard InChI is InChI=1S/C21H24F3N3O2/c1-13(14(2)20(25)28)15-6-8-16(9-7-15)29-17-10-11-27(12-17)19-5-3-4-18(26-19)21(22,23)24/h3-9,13-14,17H,10-12H2,1-2H3,(H2,25,28)/t13-,14?,17+/m0/s1. The Hall–Kier alpha value is -2.77. The number of carbonyl (C=O) groups is 1. The molecule has 0 bridgehead atoms. The molecular weight excluding hydrogens is 383 g/mol.